The molecule has 3 rings (SSSR count). The van der Waals surface area contributed by atoms with Crippen LogP contribution in [-0.2, 0) is 0 Å². The highest BCUT2D eigenvalue weighted by Gasteiger charge is 2.13. The molecule has 0 bridgehead atoms. The molecule has 0 aliphatic rings. The van der Waals surface area contributed by atoms with Gasteiger partial charge in [0.25, 0.3) is 0 Å². The Labute approximate surface area is 129 Å². The number of amides is 1. The molecule has 0 fully saturated rings. The van der Waals surface area contributed by atoms with Crippen molar-refractivity contribution >= 4 is 29.0 Å². The summed E-state index contributed by atoms with van der Waals surface area (Å²) in [7, 11) is 0. The smallest absolute Gasteiger partial charge is 0.409 e. The van der Waals surface area contributed by atoms with Crippen molar-refractivity contribution in [3.05, 3.63) is 47.2 Å². The molecule has 1 aromatic carbocycles. The van der Waals surface area contributed by atoms with E-state index in [1.165, 1.54) is 12.4 Å². The van der Waals surface area contributed by atoms with Crippen molar-refractivity contribution in [1.82, 2.24) is 14.6 Å². The minimum absolute atomic E-state index is 0.350. The van der Waals surface area contributed by atoms with Crippen LogP contribution in [0.3, 0.4) is 0 Å². The van der Waals surface area contributed by atoms with Gasteiger partial charge in [0.2, 0.25) is 0 Å². The molecule has 3 aromatic rings. The Hall–Kier alpha value is -3.11. The number of nitriles is 1. The fourth-order valence-electron chi connectivity index (χ4n) is 2.10. The van der Waals surface area contributed by atoms with Gasteiger partial charge in [-0.1, -0.05) is 11.6 Å². The number of carboxylic acid groups (broad SMARTS) is 1. The van der Waals surface area contributed by atoms with Gasteiger partial charge < -0.3 is 5.11 Å². The Balaban J connectivity index is 2.23. The van der Waals surface area contributed by atoms with Gasteiger partial charge in [-0.05, 0) is 24.3 Å². The first-order valence-electron chi connectivity index (χ1n) is 6.12. The maximum absolute atomic E-state index is 10.8. The standard InChI is InChI=1S/C14H8ClN5O2/c15-11-3-8(6-16)1-2-10(11)12-4-9(19-14(21)22)5-13-17-7-18-20(12)13/h1-5,7,19H,(H,21,22). The average Bonchev–Trinajstić information content (AvgIpc) is 2.94. The highest BCUT2D eigenvalue weighted by molar-refractivity contribution is 6.33. The van der Waals surface area contributed by atoms with Crippen molar-refractivity contribution in [1.29, 1.82) is 5.26 Å². The van der Waals surface area contributed by atoms with Crippen LogP contribution in [0, 0.1) is 11.3 Å². The molecular weight excluding hydrogens is 306 g/mol. The summed E-state index contributed by atoms with van der Waals surface area (Å²) in [6, 6.07) is 10.0. The van der Waals surface area contributed by atoms with Gasteiger partial charge in [-0.25, -0.2) is 14.3 Å². The van der Waals surface area contributed by atoms with Crippen molar-refractivity contribution < 1.29 is 9.90 Å². The largest absolute Gasteiger partial charge is 0.465 e. The summed E-state index contributed by atoms with van der Waals surface area (Å²) < 4.78 is 1.54. The first kappa shape index (κ1) is 13.9. The van der Waals surface area contributed by atoms with Crippen molar-refractivity contribution in [3.63, 3.8) is 0 Å². The second kappa shape index (κ2) is 5.35. The predicted octanol–water partition coefficient (Wildman–Crippen LogP) is 3.01. The van der Waals surface area contributed by atoms with Crippen LogP contribution < -0.4 is 5.32 Å². The number of nitrogens with one attached hydrogen (secondary N) is 1. The topological polar surface area (TPSA) is 103 Å². The molecule has 7 nitrogen and oxygen atoms in total. The van der Waals surface area contributed by atoms with Crippen LogP contribution in [0.15, 0.2) is 36.7 Å². The summed E-state index contributed by atoms with van der Waals surface area (Å²) >= 11 is 6.22. The Morgan fingerprint density at radius 3 is 2.86 bits per heavy atom. The summed E-state index contributed by atoms with van der Waals surface area (Å²) in [5.74, 6) is 0. The van der Waals surface area contributed by atoms with E-state index in [0.717, 1.165) is 0 Å². The molecule has 0 unspecified atom stereocenters. The summed E-state index contributed by atoms with van der Waals surface area (Å²) in [5, 5.41) is 24.5. The molecule has 0 spiro atoms. The maximum atomic E-state index is 10.8. The Morgan fingerprint density at radius 1 is 1.36 bits per heavy atom. The summed E-state index contributed by atoms with van der Waals surface area (Å²) in [4.78, 5) is 14.9. The quantitative estimate of drug-likeness (QED) is 0.757. The first-order valence-corrected chi connectivity index (χ1v) is 6.50. The van der Waals surface area contributed by atoms with E-state index >= 15 is 0 Å². The summed E-state index contributed by atoms with van der Waals surface area (Å²) in [6.07, 6.45) is 0.182. The Morgan fingerprint density at radius 2 is 2.18 bits per heavy atom. The maximum Gasteiger partial charge on any atom is 0.409 e. The molecule has 0 radical (unpaired) electrons. The molecule has 8 heteroatoms. The monoisotopic (exact) mass is 313 g/mol. The van der Waals surface area contributed by atoms with Gasteiger partial charge in [-0.15, -0.1) is 0 Å². The lowest BCUT2D eigenvalue weighted by Gasteiger charge is -2.09. The normalized spacial score (nSPS) is 10.4. The SMILES string of the molecule is N#Cc1ccc(-c2cc(NC(=O)O)cc3ncnn23)c(Cl)c1. The van der Waals surface area contributed by atoms with Gasteiger partial charge >= 0.3 is 6.09 Å². The fraction of sp³-hybridized carbons (Fsp3) is 0. The second-order valence-electron chi connectivity index (χ2n) is 4.40. The minimum Gasteiger partial charge on any atom is -0.465 e. The fourth-order valence-corrected chi connectivity index (χ4v) is 2.38. The molecule has 0 saturated heterocycles. The Kier molecular flexibility index (Phi) is 3.37. The van der Waals surface area contributed by atoms with Crippen LogP contribution in [0.1, 0.15) is 5.56 Å². The highest BCUT2D eigenvalue weighted by atomic mass is 35.5. The van der Waals surface area contributed by atoms with Gasteiger partial charge in [0, 0.05) is 17.3 Å². The molecule has 108 valence electrons. The summed E-state index contributed by atoms with van der Waals surface area (Å²) in [5.41, 5.74) is 2.44. The zero-order chi connectivity index (χ0) is 15.7. The summed E-state index contributed by atoms with van der Waals surface area (Å²) in [6.45, 7) is 0. The number of nitrogens with zero attached hydrogens (tertiary/aromatic N) is 4. The Bertz CT molecular complexity index is 929. The zero-order valence-electron chi connectivity index (χ0n) is 11.0. The first-order chi connectivity index (χ1) is 10.6. The van der Waals surface area contributed by atoms with E-state index in [9.17, 15) is 4.79 Å². The molecule has 2 aromatic heterocycles. The van der Waals surface area contributed by atoms with Crippen LogP contribution in [-0.4, -0.2) is 25.8 Å². The third-order valence-corrected chi connectivity index (χ3v) is 3.32. The molecule has 0 atom stereocenters. The number of benzene rings is 1. The van der Waals surface area contributed by atoms with Crippen molar-refractivity contribution in [3.8, 4) is 17.3 Å². The molecule has 0 saturated carbocycles. The van der Waals surface area contributed by atoms with E-state index in [2.05, 4.69) is 15.4 Å². The van der Waals surface area contributed by atoms with E-state index in [4.69, 9.17) is 22.0 Å². The molecule has 2 N–H and O–H groups in total. The number of aromatic nitrogens is 3. The molecule has 2 heterocycles. The zero-order valence-corrected chi connectivity index (χ0v) is 11.7. The van der Waals surface area contributed by atoms with Gasteiger partial charge in [0.15, 0.2) is 5.65 Å². The number of pyridine rings is 1. The van der Waals surface area contributed by atoms with Crippen molar-refractivity contribution in [2.45, 2.75) is 0 Å². The van der Waals surface area contributed by atoms with E-state index in [0.29, 0.717) is 33.2 Å². The van der Waals surface area contributed by atoms with Gasteiger partial charge in [0.1, 0.15) is 6.33 Å². The van der Waals surface area contributed by atoms with Crippen LogP contribution in [0.25, 0.3) is 16.9 Å². The lowest BCUT2D eigenvalue weighted by Crippen LogP contribution is -2.08. The minimum atomic E-state index is -1.18. The number of hydrogen-bond donors (Lipinski definition) is 2. The average molecular weight is 314 g/mol. The number of carbonyl (C=O) groups is 1. The molecule has 1 amide bonds. The highest BCUT2D eigenvalue weighted by Crippen LogP contribution is 2.30. The van der Waals surface area contributed by atoms with Crippen LogP contribution in [0.4, 0.5) is 10.5 Å². The van der Waals surface area contributed by atoms with Crippen LogP contribution in [0.2, 0.25) is 5.02 Å². The van der Waals surface area contributed by atoms with Gasteiger partial charge in [-0.2, -0.15) is 10.4 Å². The number of rotatable bonds is 2. The van der Waals surface area contributed by atoms with E-state index in [1.54, 1.807) is 28.8 Å². The lowest BCUT2D eigenvalue weighted by atomic mass is 10.1. The van der Waals surface area contributed by atoms with E-state index in [-0.39, 0.29) is 0 Å². The van der Waals surface area contributed by atoms with Crippen LogP contribution in [0.5, 0.6) is 0 Å². The molecular formula is C14H8ClN5O2. The van der Waals surface area contributed by atoms with Crippen LogP contribution >= 0.6 is 11.6 Å². The van der Waals surface area contributed by atoms with Gasteiger partial charge in [-0.3, -0.25) is 5.32 Å². The van der Waals surface area contributed by atoms with Crippen molar-refractivity contribution in [2.75, 3.05) is 5.32 Å². The molecule has 0 aliphatic carbocycles. The predicted molar refractivity (Wildman–Crippen MR) is 79.8 cm³/mol. The lowest BCUT2D eigenvalue weighted by molar-refractivity contribution is 0.210. The van der Waals surface area contributed by atoms with E-state index in [1.807, 2.05) is 6.07 Å². The van der Waals surface area contributed by atoms with E-state index < -0.39 is 6.09 Å². The third kappa shape index (κ3) is 2.43. The second-order valence-corrected chi connectivity index (χ2v) is 4.80. The van der Waals surface area contributed by atoms with Crippen molar-refractivity contribution in [2.24, 2.45) is 0 Å². The molecule has 0 aliphatic heterocycles. The third-order valence-electron chi connectivity index (χ3n) is 3.00. The number of halogens is 1. The van der Waals surface area contributed by atoms with Gasteiger partial charge in [0.05, 0.1) is 22.3 Å². The molecule has 22 heavy (non-hydrogen) atoms. The number of hydrogen-bond acceptors (Lipinski definition) is 4. The number of anilines is 1. The number of fused-ring (bicyclic) bond motifs is 1.